The third kappa shape index (κ3) is 4.51. The molecule has 1 aliphatic heterocycles. The van der Waals surface area contributed by atoms with E-state index in [2.05, 4.69) is 10.00 Å². The molecule has 1 saturated heterocycles. The molecular weight excluding hydrogens is 390 g/mol. The number of rotatable bonds is 4. The molecule has 27 heavy (non-hydrogen) atoms. The maximum atomic E-state index is 13.9. The highest BCUT2D eigenvalue weighted by molar-refractivity contribution is 6.31. The maximum absolute atomic E-state index is 13.9. The normalized spacial score (nSPS) is 15.7. The maximum Gasteiger partial charge on any atom is 0.246 e. The number of benzene rings is 1. The molecule has 1 aromatic carbocycles. The Morgan fingerprint density at radius 2 is 1.96 bits per heavy atom. The van der Waals surface area contributed by atoms with Gasteiger partial charge >= 0.3 is 0 Å². The van der Waals surface area contributed by atoms with Crippen LogP contribution >= 0.6 is 23.2 Å². The average molecular weight is 411 g/mol. The van der Waals surface area contributed by atoms with Gasteiger partial charge in [0.2, 0.25) is 5.91 Å². The zero-order chi connectivity index (χ0) is 19.6. The Hall–Kier alpha value is -1.89. The standard InChI is InChI=1S/C19H21Cl2FN4O/c1-13-14(19(21)24(2)23-13)6-7-18(27)26-10-8-25(9-11-26)12-15-16(20)4-3-5-17(15)22/h3-7H,8-12H2,1-2H3/b7-6+. The fourth-order valence-electron chi connectivity index (χ4n) is 3.13. The predicted molar refractivity (Wildman–Crippen MR) is 105 cm³/mol. The third-order valence-electron chi connectivity index (χ3n) is 4.72. The van der Waals surface area contributed by atoms with Crippen LogP contribution in [0.3, 0.4) is 0 Å². The van der Waals surface area contributed by atoms with E-state index in [9.17, 15) is 9.18 Å². The van der Waals surface area contributed by atoms with Crippen molar-refractivity contribution in [2.45, 2.75) is 13.5 Å². The van der Waals surface area contributed by atoms with E-state index in [1.54, 1.807) is 34.8 Å². The topological polar surface area (TPSA) is 41.4 Å². The summed E-state index contributed by atoms with van der Waals surface area (Å²) in [6.45, 7) is 4.77. The van der Waals surface area contributed by atoms with E-state index >= 15 is 0 Å². The van der Waals surface area contributed by atoms with Crippen LogP contribution in [0.4, 0.5) is 4.39 Å². The van der Waals surface area contributed by atoms with Gasteiger partial charge < -0.3 is 4.90 Å². The molecule has 1 aliphatic rings. The largest absolute Gasteiger partial charge is 0.337 e. The van der Waals surface area contributed by atoms with Crippen molar-refractivity contribution in [1.82, 2.24) is 19.6 Å². The van der Waals surface area contributed by atoms with Crippen molar-refractivity contribution in [2.24, 2.45) is 7.05 Å². The summed E-state index contributed by atoms with van der Waals surface area (Å²) < 4.78 is 15.5. The molecule has 0 atom stereocenters. The van der Waals surface area contributed by atoms with Crippen LogP contribution in [-0.2, 0) is 18.4 Å². The quantitative estimate of drug-likeness (QED) is 0.723. The molecule has 2 heterocycles. The molecule has 8 heteroatoms. The van der Waals surface area contributed by atoms with Crippen LogP contribution in [0.2, 0.25) is 10.2 Å². The first-order valence-corrected chi connectivity index (χ1v) is 9.43. The number of halogens is 3. The molecular formula is C19H21Cl2FN4O. The molecule has 1 aromatic heterocycles. The highest BCUT2D eigenvalue weighted by atomic mass is 35.5. The van der Waals surface area contributed by atoms with Gasteiger partial charge in [-0.05, 0) is 25.1 Å². The lowest BCUT2D eigenvalue weighted by molar-refractivity contribution is -0.127. The summed E-state index contributed by atoms with van der Waals surface area (Å²) in [6.07, 6.45) is 3.23. The van der Waals surface area contributed by atoms with E-state index in [0.717, 1.165) is 11.3 Å². The molecule has 0 spiro atoms. The van der Waals surface area contributed by atoms with Crippen LogP contribution in [0, 0.1) is 12.7 Å². The highest BCUT2D eigenvalue weighted by Gasteiger charge is 2.21. The second-order valence-corrected chi connectivity index (χ2v) is 7.31. The average Bonchev–Trinajstić information content (AvgIpc) is 2.89. The third-order valence-corrected chi connectivity index (χ3v) is 5.52. The first-order valence-electron chi connectivity index (χ1n) is 8.68. The Morgan fingerprint density at radius 1 is 1.26 bits per heavy atom. The summed E-state index contributed by atoms with van der Waals surface area (Å²) in [5.74, 6) is -0.370. The molecule has 144 valence electrons. The SMILES string of the molecule is Cc1nn(C)c(Cl)c1/C=C/C(=O)N1CCN(Cc2c(F)cccc2Cl)CC1. The zero-order valence-electron chi connectivity index (χ0n) is 15.3. The summed E-state index contributed by atoms with van der Waals surface area (Å²) >= 11 is 12.3. The summed E-state index contributed by atoms with van der Waals surface area (Å²) in [5.41, 5.74) is 2.03. The van der Waals surface area contributed by atoms with Gasteiger partial charge in [0.15, 0.2) is 0 Å². The molecule has 3 rings (SSSR count). The number of hydrogen-bond donors (Lipinski definition) is 0. The Balaban J connectivity index is 1.57. The fraction of sp³-hybridized carbons (Fsp3) is 0.368. The second-order valence-electron chi connectivity index (χ2n) is 6.55. The lowest BCUT2D eigenvalue weighted by Gasteiger charge is -2.34. The Kier molecular flexibility index (Phi) is 6.19. The molecule has 0 aliphatic carbocycles. The molecule has 1 fully saturated rings. The van der Waals surface area contributed by atoms with Gasteiger partial charge in [-0.15, -0.1) is 0 Å². The van der Waals surface area contributed by atoms with Crippen LogP contribution in [-0.4, -0.2) is 51.7 Å². The van der Waals surface area contributed by atoms with E-state index < -0.39 is 0 Å². The van der Waals surface area contributed by atoms with Gasteiger partial charge in [-0.3, -0.25) is 14.4 Å². The number of nitrogens with zero attached hydrogens (tertiary/aromatic N) is 4. The summed E-state index contributed by atoms with van der Waals surface area (Å²) in [7, 11) is 1.76. The minimum absolute atomic E-state index is 0.0714. The Morgan fingerprint density at radius 3 is 2.56 bits per heavy atom. The molecule has 0 bridgehead atoms. The number of carbonyl (C=O) groups is 1. The van der Waals surface area contributed by atoms with E-state index in [4.69, 9.17) is 23.2 Å². The monoisotopic (exact) mass is 410 g/mol. The highest BCUT2D eigenvalue weighted by Crippen LogP contribution is 2.22. The minimum Gasteiger partial charge on any atom is -0.337 e. The molecule has 0 radical (unpaired) electrons. The summed E-state index contributed by atoms with van der Waals surface area (Å²) in [4.78, 5) is 16.3. The van der Waals surface area contributed by atoms with Crippen molar-refractivity contribution < 1.29 is 9.18 Å². The molecule has 5 nitrogen and oxygen atoms in total. The molecule has 0 saturated carbocycles. The van der Waals surface area contributed by atoms with Crippen molar-refractivity contribution in [3.63, 3.8) is 0 Å². The van der Waals surface area contributed by atoms with Gasteiger partial charge in [-0.2, -0.15) is 5.10 Å². The number of carbonyl (C=O) groups excluding carboxylic acids is 1. The van der Waals surface area contributed by atoms with Crippen molar-refractivity contribution in [3.8, 4) is 0 Å². The van der Waals surface area contributed by atoms with Crippen LogP contribution < -0.4 is 0 Å². The van der Waals surface area contributed by atoms with Crippen molar-refractivity contribution in [3.05, 3.63) is 57.1 Å². The zero-order valence-corrected chi connectivity index (χ0v) is 16.8. The minimum atomic E-state index is -0.298. The molecule has 1 amide bonds. The van der Waals surface area contributed by atoms with Crippen LogP contribution in [0.15, 0.2) is 24.3 Å². The Bertz CT molecular complexity index is 853. The molecule has 0 N–H and O–H groups in total. The van der Waals surface area contributed by atoms with Crippen molar-refractivity contribution >= 4 is 35.2 Å². The lowest BCUT2D eigenvalue weighted by atomic mass is 10.1. The van der Waals surface area contributed by atoms with Crippen molar-refractivity contribution in [2.75, 3.05) is 26.2 Å². The summed E-state index contributed by atoms with van der Waals surface area (Å²) in [5, 5.41) is 5.16. The van der Waals surface area contributed by atoms with Gasteiger partial charge in [0.05, 0.1) is 5.69 Å². The number of hydrogen-bond acceptors (Lipinski definition) is 3. The van der Waals surface area contributed by atoms with Gasteiger partial charge in [-0.1, -0.05) is 29.3 Å². The molecule has 2 aromatic rings. The number of piperazine rings is 1. The first kappa shape index (κ1) is 19.9. The number of aromatic nitrogens is 2. The van der Waals surface area contributed by atoms with Gasteiger partial charge in [0, 0.05) is 62.0 Å². The number of aryl methyl sites for hydroxylation is 2. The number of amides is 1. The second kappa shape index (κ2) is 8.42. The summed E-state index contributed by atoms with van der Waals surface area (Å²) in [6, 6.07) is 4.70. The van der Waals surface area contributed by atoms with Crippen molar-refractivity contribution in [1.29, 1.82) is 0 Å². The lowest BCUT2D eigenvalue weighted by Crippen LogP contribution is -2.47. The van der Waals surface area contributed by atoms with E-state index in [-0.39, 0.29) is 11.7 Å². The van der Waals surface area contributed by atoms with Gasteiger partial charge in [0.1, 0.15) is 11.0 Å². The molecule has 0 unspecified atom stereocenters. The van der Waals surface area contributed by atoms with E-state index in [1.165, 1.54) is 12.1 Å². The predicted octanol–water partition coefficient (Wildman–Crippen LogP) is 3.53. The first-order chi connectivity index (χ1) is 12.9. The fourth-order valence-corrected chi connectivity index (χ4v) is 3.59. The van der Waals surface area contributed by atoms with Crippen LogP contribution in [0.5, 0.6) is 0 Å². The van der Waals surface area contributed by atoms with Gasteiger partial charge in [0.25, 0.3) is 0 Å². The Labute approximate surface area is 168 Å². The van der Waals surface area contributed by atoms with Crippen LogP contribution in [0.1, 0.15) is 16.8 Å². The van der Waals surface area contributed by atoms with E-state index in [1.807, 2.05) is 6.92 Å². The van der Waals surface area contributed by atoms with Gasteiger partial charge in [-0.25, -0.2) is 4.39 Å². The van der Waals surface area contributed by atoms with Crippen LogP contribution in [0.25, 0.3) is 6.08 Å². The van der Waals surface area contributed by atoms with E-state index in [0.29, 0.717) is 48.5 Å². The smallest absolute Gasteiger partial charge is 0.246 e.